The van der Waals surface area contributed by atoms with Crippen molar-refractivity contribution >= 4 is 11.8 Å². The largest absolute Gasteiger partial charge is 0.497 e. The van der Waals surface area contributed by atoms with E-state index in [1.165, 1.54) is 11.1 Å². The number of carbonyl (C=O) groups is 2. The van der Waals surface area contributed by atoms with Crippen molar-refractivity contribution in [1.29, 1.82) is 0 Å². The predicted octanol–water partition coefficient (Wildman–Crippen LogP) is 3.93. The standard InChI is InChI=1S/C28H31N3O3/c1-4-6-7-19-12-18-13-20(34-3)8-9-21(18)25(31(19)24(32)5-2)28-15-27(16-28,17-28)23-14-30-11-10-22(23)26(29)33/h2,8-11,13-14,19,25H,4,6-7,12,15-17H2,1,3H3,(H2,29,33)/t19-,25+,27?,28?/m0/s1. The molecular formula is C28H31N3O3. The second-order valence-corrected chi connectivity index (χ2v) is 10.3. The lowest BCUT2D eigenvalue weighted by atomic mass is 9.30. The van der Waals surface area contributed by atoms with Crippen LogP contribution < -0.4 is 10.5 Å². The van der Waals surface area contributed by atoms with E-state index < -0.39 is 5.91 Å². The second-order valence-electron chi connectivity index (χ2n) is 10.3. The number of nitrogens with zero attached hydrogens (tertiary/aromatic N) is 2. The molecule has 6 nitrogen and oxygen atoms in total. The number of pyridine rings is 1. The lowest BCUT2D eigenvalue weighted by Crippen LogP contribution is -2.71. The summed E-state index contributed by atoms with van der Waals surface area (Å²) in [5.74, 6) is 2.60. The van der Waals surface area contributed by atoms with Gasteiger partial charge in [-0.05, 0) is 83.7 Å². The van der Waals surface area contributed by atoms with Gasteiger partial charge >= 0.3 is 0 Å². The zero-order valence-electron chi connectivity index (χ0n) is 19.8. The van der Waals surface area contributed by atoms with E-state index in [4.69, 9.17) is 16.9 Å². The molecule has 0 radical (unpaired) electrons. The maximum atomic E-state index is 13.2. The molecule has 1 aromatic heterocycles. The van der Waals surface area contributed by atoms with Crippen molar-refractivity contribution in [1.82, 2.24) is 9.88 Å². The summed E-state index contributed by atoms with van der Waals surface area (Å²) in [6, 6.07) is 7.90. The topological polar surface area (TPSA) is 85.5 Å². The molecule has 1 aromatic carbocycles. The van der Waals surface area contributed by atoms with Gasteiger partial charge in [0.1, 0.15) is 5.75 Å². The van der Waals surface area contributed by atoms with E-state index in [9.17, 15) is 9.59 Å². The zero-order valence-corrected chi connectivity index (χ0v) is 19.8. The van der Waals surface area contributed by atoms with Crippen LogP contribution in [0, 0.1) is 17.8 Å². The van der Waals surface area contributed by atoms with Gasteiger partial charge in [-0.3, -0.25) is 14.6 Å². The molecule has 6 rings (SSSR count). The molecule has 176 valence electrons. The first-order valence-corrected chi connectivity index (χ1v) is 12.1. The van der Waals surface area contributed by atoms with Gasteiger partial charge in [-0.25, -0.2) is 0 Å². The van der Waals surface area contributed by atoms with E-state index in [1.54, 1.807) is 25.6 Å². The average Bonchev–Trinajstić information content (AvgIpc) is 2.80. The van der Waals surface area contributed by atoms with Crippen molar-refractivity contribution in [2.75, 3.05) is 7.11 Å². The molecule has 0 spiro atoms. The number of benzene rings is 1. The summed E-state index contributed by atoms with van der Waals surface area (Å²) < 4.78 is 5.51. The van der Waals surface area contributed by atoms with E-state index in [2.05, 4.69) is 30.0 Å². The zero-order chi connectivity index (χ0) is 24.1. The quantitative estimate of drug-likeness (QED) is 0.639. The van der Waals surface area contributed by atoms with Gasteiger partial charge in [0.05, 0.1) is 13.2 Å². The molecule has 0 saturated heterocycles. The number of amides is 2. The van der Waals surface area contributed by atoms with Gasteiger partial charge in [-0.15, -0.1) is 6.42 Å². The lowest BCUT2D eigenvalue weighted by Gasteiger charge is -2.75. The lowest BCUT2D eigenvalue weighted by molar-refractivity contribution is -0.201. The van der Waals surface area contributed by atoms with E-state index in [0.29, 0.717) is 5.56 Å². The Hall–Kier alpha value is -3.33. The number of terminal acetylenes is 1. The summed E-state index contributed by atoms with van der Waals surface area (Å²) in [5, 5.41) is 0. The van der Waals surface area contributed by atoms with Gasteiger partial charge in [0.15, 0.2) is 0 Å². The van der Waals surface area contributed by atoms with E-state index in [0.717, 1.165) is 56.3 Å². The summed E-state index contributed by atoms with van der Waals surface area (Å²) >= 11 is 0. The van der Waals surface area contributed by atoms with Gasteiger partial charge in [0, 0.05) is 24.0 Å². The number of methoxy groups -OCH3 is 1. The molecule has 6 heteroatoms. The summed E-state index contributed by atoms with van der Waals surface area (Å²) in [6.07, 6.45) is 15.6. The van der Waals surface area contributed by atoms with E-state index in [1.807, 2.05) is 11.0 Å². The molecule has 2 heterocycles. The monoisotopic (exact) mass is 457 g/mol. The van der Waals surface area contributed by atoms with Crippen molar-refractivity contribution < 1.29 is 14.3 Å². The van der Waals surface area contributed by atoms with Crippen LogP contribution in [0.15, 0.2) is 36.7 Å². The third kappa shape index (κ3) is 3.21. The molecule has 2 aromatic rings. The van der Waals surface area contributed by atoms with Crippen LogP contribution in [0.25, 0.3) is 0 Å². The SMILES string of the molecule is C#CC(=O)N1[C@@H](CCCC)Cc2cc(OC)ccc2[C@@H]1C12CC(c3cnccc3C(N)=O)(C1)C2. The minimum atomic E-state index is -0.421. The van der Waals surface area contributed by atoms with E-state index >= 15 is 0 Å². The Kier molecular flexibility index (Phi) is 5.39. The van der Waals surface area contributed by atoms with Crippen LogP contribution in [0.2, 0.25) is 0 Å². The Labute approximate surface area is 200 Å². The van der Waals surface area contributed by atoms with Gasteiger partial charge < -0.3 is 15.4 Å². The van der Waals surface area contributed by atoms with Crippen LogP contribution in [-0.2, 0) is 16.6 Å². The summed E-state index contributed by atoms with van der Waals surface area (Å²) in [4.78, 5) is 31.5. The van der Waals surface area contributed by atoms with Crippen LogP contribution in [0.5, 0.6) is 5.75 Å². The molecule has 2 bridgehead atoms. The third-order valence-electron chi connectivity index (χ3n) is 8.33. The fourth-order valence-corrected chi connectivity index (χ4v) is 7.00. The van der Waals surface area contributed by atoms with Crippen LogP contribution in [0.1, 0.15) is 78.5 Å². The molecule has 2 atom stereocenters. The maximum Gasteiger partial charge on any atom is 0.299 e. The molecule has 2 N–H and O–H groups in total. The van der Waals surface area contributed by atoms with E-state index in [-0.39, 0.29) is 28.8 Å². The molecular weight excluding hydrogens is 426 g/mol. The Balaban J connectivity index is 1.54. The molecule has 4 aliphatic rings. The molecule has 34 heavy (non-hydrogen) atoms. The van der Waals surface area contributed by atoms with Crippen molar-refractivity contribution in [2.45, 2.75) is 69.4 Å². The number of primary amides is 1. The van der Waals surface area contributed by atoms with Gasteiger partial charge in [0.25, 0.3) is 5.91 Å². The highest BCUT2D eigenvalue weighted by molar-refractivity contribution is 5.95. The summed E-state index contributed by atoms with van der Waals surface area (Å²) in [5.41, 5.74) is 9.40. The highest BCUT2D eigenvalue weighted by Gasteiger charge is 2.73. The number of unbranched alkanes of at least 4 members (excludes halogenated alkanes) is 1. The van der Waals surface area contributed by atoms with Crippen molar-refractivity contribution in [2.24, 2.45) is 11.1 Å². The number of aromatic nitrogens is 1. The minimum Gasteiger partial charge on any atom is -0.497 e. The first-order valence-electron chi connectivity index (χ1n) is 12.1. The number of nitrogens with two attached hydrogens (primary N) is 1. The highest BCUT2D eigenvalue weighted by Crippen LogP contribution is 2.79. The average molecular weight is 458 g/mol. The maximum absolute atomic E-state index is 13.2. The Morgan fingerprint density at radius 1 is 1.29 bits per heavy atom. The number of ether oxygens (including phenoxy) is 1. The molecule has 0 unspecified atom stereocenters. The number of hydrogen-bond acceptors (Lipinski definition) is 4. The fraction of sp³-hybridized carbons (Fsp3) is 0.464. The summed E-state index contributed by atoms with van der Waals surface area (Å²) in [6.45, 7) is 2.17. The van der Waals surface area contributed by atoms with Crippen molar-refractivity contribution in [3.05, 3.63) is 58.9 Å². The first kappa shape index (κ1) is 22.5. The van der Waals surface area contributed by atoms with Gasteiger partial charge in [-0.1, -0.05) is 25.8 Å². The number of rotatable bonds is 7. The highest BCUT2D eigenvalue weighted by atomic mass is 16.5. The van der Waals surface area contributed by atoms with Crippen molar-refractivity contribution in [3.8, 4) is 18.1 Å². The van der Waals surface area contributed by atoms with Gasteiger partial charge in [0.2, 0.25) is 5.91 Å². The number of carbonyl (C=O) groups excluding carboxylic acids is 2. The van der Waals surface area contributed by atoms with Crippen LogP contribution in [-0.4, -0.2) is 34.8 Å². The van der Waals surface area contributed by atoms with Gasteiger partial charge in [-0.2, -0.15) is 0 Å². The molecule has 3 saturated carbocycles. The van der Waals surface area contributed by atoms with Crippen molar-refractivity contribution in [3.63, 3.8) is 0 Å². The molecule has 2 amide bonds. The molecule has 1 aliphatic heterocycles. The third-order valence-corrected chi connectivity index (χ3v) is 8.33. The molecule has 3 fully saturated rings. The normalized spacial score (nSPS) is 28.7. The minimum absolute atomic E-state index is 0.0640. The predicted molar refractivity (Wildman–Crippen MR) is 129 cm³/mol. The first-order chi connectivity index (χ1) is 16.4. The Morgan fingerprint density at radius 3 is 2.71 bits per heavy atom. The van der Waals surface area contributed by atoms with Crippen LogP contribution in [0.4, 0.5) is 0 Å². The second kappa shape index (κ2) is 8.16. The summed E-state index contributed by atoms with van der Waals surface area (Å²) in [7, 11) is 1.68. The van der Waals surface area contributed by atoms with Crippen LogP contribution in [0.3, 0.4) is 0 Å². The van der Waals surface area contributed by atoms with Crippen LogP contribution >= 0.6 is 0 Å². The number of hydrogen-bond donors (Lipinski definition) is 1. The Morgan fingerprint density at radius 2 is 2.06 bits per heavy atom. The molecule has 3 aliphatic carbocycles. The number of fused-ring (bicyclic) bond motifs is 1. The fourth-order valence-electron chi connectivity index (χ4n) is 7.00. The Bertz CT molecular complexity index is 1180. The smallest absolute Gasteiger partial charge is 0.299 e.